The van der Waals surface area contributed by atoms with Gasteiger partial charge >= 0.3 is 6.09 Å². The van der Waals surface area contributed by atoms with E-state index in [0.717, 1.165) is 32.6 Å². The molecule has 2 rings (SSSR count). The number of ether oxygens (including phenoxy) is 1. The average molecular weight is 320 g/mol. The highest BCUT2D eigenvalue weighted by Crippen LogP contribution is 2.15. The summed E-state index contributed by atoms with van der Waals surface area (Å²) in [6.45, 7) is 11.6. The van der Waals surface area contributed by atoms with E-state index in [0.29, 0.717) is 6.54 Å². The molecule has 0 aromatic carbocycles. The van der Waals surface area contributed by atoms with Crippen molar-refractivity contribution >= 4 is 6.09 Å². The molecule has 128 valence electrons. The third-order valence-electron chi connectivity index (χ3n) is 3.65. The first-order valence-electron chi connectivity index (χ1n) is 8.25. The van der Waals surface area contributed by atoms with Crippen molar-refractivity contribution in [3.8, 4) is 0 Å². The molecular formula is C17H28N4O2. The zero-order chi connectivity index (χ0) is 16.9. The lowest BCUT2D eigenvalue weighted by Crippen LogP contribution is -2.39. The summed E-state index contributed by atoms with van der Waals surface area (Å²) in [6, 6.07) is 0. The van der Waals surface area contributed by atoms with Gasteiger partial charge in [0.15, 0.2) is 0 Å². The molecule has 1 aromatic rings. The highest BCUT2D eigenvalue weighted by atomic mass is 16.6. The molecule has 6 nitrogen and oxygen atoms in total. The van der Waals surface area contributed by atoms with Crippen molar-refractivity contribution < 1.29 is 9.53 Å². The molecule has 0 bridgehead atoms. The molecule has 0 saturated carbocycles. The van der Waals surface area contributed by atoms with Gasteiger partial charge in [-0.1, -0.05) is 11.6 Å². The summed E-state index contributed by atoms with van der Waals surface area (Å²) in [5, 5.41) is 7.70. The smallest absolute Gasteiger partial charge is 0.410 e. The zero-order valence-corrected chi connectivity index (χ0v) is 14.6. The van der Waals surface area contributed by atoms with Crippen LogP contribution in [0.1, 0.15) is 39.7 Å². The molecule has 0 radical (unpaired) electrons. The second-order valence-electron chi connectivity index (χ2n) is 6.85. The summed E-state index contributed by atoms with van der Waals surface area (Å²) >= 11 is 0. The van der Waals surface area contributed by atoms with Crippen LogP contribution < -0.4 is 5.32 Å². The predicted octanol–water partition coefficient (Wildman–Crippen LogP) is 2.56. The first-order chi connectivity index (χ1) is 10.9. The first-order valence-corrected chi connectivity index (χ1v) is 8.25. The van der Waals surface area contributed by atoms with Crippen molar-refractivity contribution in [1.29, 1.82) is 0 Å². The van der Waals surface area contributed by atoms with Gasteiger partial charge in [0.1, 0.15) is 5.60 Å². The van der Waals surface area contributed by atoms with Gasteiger partial charge in [-0.3, -0.25) is 4.68 Å². The number of nitrogens with zero attached hydrogens (tertiary/aromatic N) is 3. The van der Waals surface area contributed by atoms with Gasteiger partial charge in [-0.15, -0.1) is 0 Å². The summed E-state index contributed by atoms with van der Waals surface area (Å²) in [6.07, 6.45) is 6.74. The molecule has 0 saturated heterocycles. The predicted molar refractivity (Wildman–Crippen MR) is 90.1 cm³/mol. The molecule has 1 aliphatic heterocycles. The molecule has 2 heterocycles. The Bertz CT molecular complexity index is 557. The highest BCUT2D eigenvalue weighted by Gasteiger charge is 2.23. The molecule has 0 aliphatic carbocycles. The van der Waals surface area contributed by atoms with Crippen molar-refractivity contribution in [3.63, 3.8) is 0 Å². The van der Waals surface area contributed by atoms with Crippen LogP contribution in [0, 0.1) is 0 Å². The minimum atomic E-state index is -0.439. The Labute approximate surface area is 138 Å². The van der Waals surface area contributed by atoms with Crippen molar-refractivity contribution in [2.75, 3.05) is 19.6 Å². The van der Waals surface area contributed by atoms with E-state index in [9.17, 15) is 4.79 Å². The van der Waals surface area contributed by atoms with Gasteiger partial charge in [0.2, 0.25) is 0 Å². The molecule has 6 heteroatoms. The first kappa shape index (κ1) is 17.5. The van der Waals surface area contributed by atoms with Gasteiger partial charge in [0, 0.05) is 44.5 Å². The molecule has 0 atom stereocenters. The number of hydrogen-bond donors (Lipinski definition) is 1. The van der Waals surface area contributed by atoms with Crippen LogP contribution in [0.25, 0.3) is 0 Å². The molecule has 1 aromatic heterocycles. The van der Waals surface area contributed by atoms with Crippen LogP contribution in [0.5, 0.6) is 0 Å². The number of amides is 1. The number of hydrogen-bond acceptors (Lipinski definition) is 4. The Hall–Kier alpha value is -1.82. The van der Waals surface area contributed by atoms with Crippen molar-refractivity contribution in [2.45, 2.75) is 52.8 Å². The van der Waals surface area contributed by atoms with E-state index < -0.39 is 5.60 Å². The zero-order valence-electron chi connectivity index (χ0n) is 14.6. The Morgan fingerprint density at radius 1 is 1.39 bits per heavy atom. The summed E-state index contributed by atoms with van der Waals surface area (Å²) < 4.78 is 7.32. The average Bonchev–Trinajstić information content (AvgIpc) is 2.94. The van der Waals surface area contributed by atoms with Crippen molar-refractivity contribution in [1.82, 2.24) is 20.0 Å². The van der Waals surface area contributed by atoms with Crippen LogP contribution in [0.15, 0.2) is 24.0 Å². The third-order valence-corrected chi connectivity index (χ3v) is 3.65. The molecule has 1 N–H and O–H groups in total. The topological polar surface area (TPSA) is 59.4 Å². The Kier molecular flexibility index (Phi) is 5.82. The number of rotatable bonds is 5. The lowest BCUT2D eigenvalue weighted by atomic mass is 10.1. The van der Waals surface area contributed by atoms with Crippen LogP contribution >= 0.6 is 0 Å². The summed E-state index contributed by atoms with van der Waals surface area (Å²) in [4.78, 5) is 13.7. The van der Waals surface area contributed by atoms with E-state index in [1.54, 1.807) is 4.90 Å². The third kappa shape index (κ3) is 5.71. The molecule has 0 spiro atoms. The molecule has 0 fully saturated rings. The molecular weight excluding hydrogens is 292 g/mol. The van der Waals surface area contributed by atoms with Gasteiger partial charge < -0.3 is 15.0 Å². The maximum atomic E-state index is 12.0. The lowest BCUT2D eigenvalue weighted by molar-refractivity contribution is 0.0265. The Morgan fingerprint density at radius 2 is 2.17 bits per heavy atom. The fourth-order valence-electron chi connectivity index (χ4n) is 2.40. The molecule has 0 unspecified atom stereocenters. The van der Waals surface area contributed by atoms with Crippen LogP contribution in [-0.2, 0) is 17.8 Å². The van der Waals surface area contributed by atoms with Gasteiger partial charge in [0.25, 0.3) is 0 Å². The number of nitrogens with one attached hydrogen (secondary N) is 1. The molecule has 23 heavy (non-hydrogen) atoms. The quantitative estimate of drug-likeness (QED) is 0.847. The van der Waals surface area contributed by atoms with Crippen LogP contribution in [0.2, 0.25) is 0 Å². The second-order valence-corrected chi connectivity index (χ2v) is 6.85. The van der Waals surface area contributed by atoms with Crippen LogP contribution in [0.4, 0.5) is 4.79 Å². The Morgan fingerprint density at radius 3 is 2.74 bits per heavy atom. The SMILES string of the molecule is CCn1cc(CNCC2=CCN(C(=O)OC(C)(C)C)CC2)cn1. The highest BCUT2D eigenvalue weighted by molar-refractivity contribution is 5.68. The summed E-state index contributed by atoms with van der Waals surface area (Å²) in [7, 11) is 0. The number of aryl methyl sites for hydroxylation is 1. The van der Waals surface area contributed by atoms with E-state index >= 15 is 0 Å². The minimum absolute atomic E-state index is 0.229. The number of carbonyl (C=O) groups excluding carboxylic acids is 1. The largest absolute Gasteiger partial charge is 0.444 e. The maximum absolute atomic E-state index is 12.0. The summed E-state index contributed by atoms with van der Waals surface area (Å²) in [5.74, 6) is 0. The van der Waals surface area contributed by atoms with Crippen LogP contribution in [0.3, 0.4) is 0 Å². The van der Waals surface area contributed by atoms with E-state index in [4.69, 9.17) is 4.74 Å². The van der Waals surface area contributed by atoms with E-state index in [1.807, 2.05) is 31.6 Å². The van der Waals surface area contributed by atoms with E-state index in [2.05, 4.69) is 29.6 Å². The monoisotopic (exact) mass is 320 g/mol. The Balaban J connectivity index is 1.73. The van der Waals surface area contributed by atoms with Gasteiger partial charge in [-0.2, -0.15) is 5.10 Å². The number of aromatic nitrogens is 2. The second kappa shape index (κ2) is 7.64. The molecule has 1 aliphatic rings. The maximum Gasteiger partial charge on any atom is 0.410 e. The standard InChI is InChI=1S/C17H28N4O2/c1-5-21-13-15(12-19-21)11-18-10-14-6-8-20(9-7-14)16(22)23-17(2,3)4/h6,12-13,18H,5,7-11H2,1-4H3. The normalized spacial score (nSPS) is 15.5. The van der Waals surface area contributed by atoms with Gasteiger partial charge in [-0.05, 0) is 34.1 Å². The van der Waals surface area contributed by atoms with Crippen LogP contribution in [-0.4, -0.2) is 46.0 Å². The van der Waals surface area contributed by atoms with Gasteiger partial charge in [0.05, 0.1) is 6.20 Å². The fraction of sp³-hybridized carbons (Fsp3) is 0.647. The lowest BCUT2D eigenvalue weighted by Gasteiger charge is -2.29. The van der Waals surface area contributed by atoms with E-state index in [1.165, 1.54) is 11.1 Å². The minimum Gasteiger partial charge on any atom is -0.444 e. The van der Waals surface area contributed by atoms with E-state index in [-0.39, 0.29) is 6.09 Å². The van der Waals surface area contributed by atoms with Crippen molar-refractivity contribution in [3.05, 3.63) is 29.6 Å². The molecule has 1 amide bonds. The van der Waals surface area contributed by atoms with Gasteiger partial charge in [-0.25, -0.2) is 4.79 Å². The summed E-state index contributed by atoms with van der Waals surface area (Å²) in [5.41, 5.74) is 2.09. The van der Waals surface area contributed by atoms with Crippen molar-refractivity contribution in [2.24, 2.45) is 0 Å². The number of carbonyl (C=O) groups is 1. The fourth-order valence-corrected chi connectivity index (χ4v) is 2.40.